The first-order valence-corrected chi connectivity index (χ1v) is 10.9. The summed E-state index contributed by atoms with van der Waals surface area (Å²) in [4.78, 5) is 9.32. The van der Waals surface area contributed by atoms with E-state index in [1.54, 1.807) is 18.0 Å². The number of para-hydroxylation sites is 2. The molecule has 0 atom stereocenters. The van der Waals surface area contributed by atoms with Gasteiger partial charge in [0.15, 0.2) is 23.0 Å². The number of methoxy groups -OCH3 is 1. The van der Waals surface area contributed by atoms with Crippen LogP contribution in [0, 0.1) is 0 Å². The summed E-state index contributed by atoms with van der Waals surface area (Å²) in [5.41, 5.74) is 4.09. The van der Waals surface area contributed by atoms with Gasteiger partial charge in [0.05, 0.1) is 12.5 Å². The molecule has 0 amide bonds. The van der Waals surface area contributed by atoms with E-state index >= 15 is 0 Å². The topological polar surface area (TPSA) is 74.7 Å². The fourth-order valence-electron chi connectivity index (χ4n) is 4.06. The Bertz CT molecular complexity index is 1590. The molecule has 0 spiro atoms. The molecule has 0 bridgehead atoms. The SMILES string of the molecule is COc1ccccc1OCc1nc2c3c(-c4ccccc4)c(-c4ccccc4)oc3ncn2n1. The van der Waals surface area contributed by atoms with Gasteiger partial charge in [0.1, 0.15) is 18.7 Å². The molecular formula is C27H20N4O3. The molecule has 0 N–H and O–H groups in total. The van der Waals surface area contributed by atoms with Crippen molar-refractivity contribution in [3.63, 3.8) is 0 Å². The first kappa shape index (κ1) is 20.0. The standard InChI is InChI=1S/C27H20N4O3/c1-32-20-14-8-9-15-21(20)33-16-22-29-26-24-23(18-10-4-2-5-11-18)25(19-12-6-3-7-13-19)34-27(24)28-17-31(26)30-22/h2-15,17H,16H2,1H3. The van der Waals surface area contributed by atoms with E-state index in [1.165, 1.54) is 0 Å². The van der Waals surface area contributed by atoms with Gasteiger partial charge in [-0.2, -0.15) is 0 Å². The Morgan fingerprint density at radius 3 is 2.24 bits per heavy atom. The number of rotatable bonds is 6. The van der Waals surface area contributed by atoms with Crippen molar-refractivity contribution >= 4 is 16.7 Å². The molecule has 0 saturated carbocycles. The Balaban J connectivity index is 1.49. The van der Waals surface area contributed by atoms with Gasteiger partial charge in [-0.15, -0.1) is 5.10 Å². The zero-order valence-electron chi connectivity index (χ0n) is 18.4. The highest BCUT2D eigenvalue weighted by atomic mass is 16.5. The highest BCUT2D eigenvalue weighted by molar-refractivity contribution is 6.07. The summed E-state index contributed by atoms with van der Waals surface area (Å²) >= 11 is 0. The molecule has 6 rings (SSSR count). The number of ether oxygens (including phenoxy) is 2. The third-order valence-electron chi connectivity index (χ3n) is 5.60. The Morgan fingerprint density at radius 1 is 0.824 bits per heavy atom. The Hall–Kier alpha value is -4.65. The number of fused-ring (bicyclic) bond motifs is 3. The minimum absolute atomic E-state index is 0.188. The van der Waals surface area contributed by atoms with Crippen molar-refractivity contribution in [2.24, 2.45) is 0 Å². The minimum atomic E-state index is 0.188. The van der Waals surface area contributed by atoms with Crippen LogP contribution >= 0.6 is 0 Å². The summed E-state index contributed by atoms with van der Waals surface area (Å²) < 4.78 is 19.2. The fraction of sp³-hybridized carbons (Fsp3) is 0.0741. The van der Waals surface area contributed by atoms with Crippen LogP contribution in [0.5, 0.6) is 11.5 Å². The molecule has 0 fully saturated rings. The zero-order valence-corrected chi connectivity index (χ0v) is 18.4. The predicted octanol–water partition coefficient (Wildman–Crippen LogP) is 5.79. The normalized spacial score (nSPS) is 11.2. The molecule has 166 valence electrons. The van der Waals surface area contributed by atoms with Crippen molar-refractivity contribution in [2.75, 3.05) is 7.11 Å². The number of hydrogen-bond donors (Lipinski definition) is 0. The lowest BCUT2D eigenvalue weighted by Gasteiger charge is -2.08. The number of nitrogens with zero attached hydrogens (tertiary/aromatic N) is 4. The van der Waals surface area contributed by atoms with Crippen molar-refractivity contribution in [3.8, 4) is 33.9 Å². The molecule has 34 heavy (non-hydrogen) atoms. The van der Waals surface area contributed by atoms with Gasteiger partial charge >= 0.3 is 0 Å². The Kier molecular flexibility index (Phi) is 4.92. The van der Waals surface area contributed by atoms with E-state index in [9.17, 15) is 0 Å². The van der Waals surface area contributed by atoms with Gasteiger partial charge in [0, 0.05) is 11.1 Å². The number of aromatic nitrogens is 4. The molecule has 0 aliphatic carbocycles. The summed E-state index contributed by atoms with van der Waals surface area (Å²) in [6.45, 7) is 0.188. The van der Waals surface area contributed by atoms with Gasteiger partial charge in [-0.1, -0.05) is 72.8 Å². The number of benzene rings is 3. The van der Waals surface area contributed by atoms with Crippen LogP contribution in [0.25, 0.3) is 39.2 Å². The smallest absolute Gasteiger partial charge is 0.232 e. The van der Waals surface area contributed by atoms with Gasteiger partial charge in [-0.3, -0.25) is 0 Å². The van der Waals surface area contributed by atoms with E-state index in [-0.39, 0.29) is 6.61 Å². The van der Waals surface area contributed by atoms with Gasteiger partial charge in [-0.25, -0.2) is 14.5 Å². The third-order valence-corrected chi connectivity index (χ3v) is 5.60. The molecule has 3 aromatic heterocycles. The third kappa shape index (κ3) is 3.44. The average Bonchev–Trinajstić information content (AvgIpc) is 3.50. The molecule has 0 saturated heterocycles. The summed E-state index contributed by atoms with van der Waals surface area (Å²) in [5, 5.41) is 5.39. The van der Waals surface area contributed by atoms with E-state index in [0.29, 0.717) is 28.7 Å². The van der Waals surface area contributed by atoms with E-state index < -0.39 is 0 Å². The maximum atomic E-state index is 6.28. The zero-order chi connectivity index (χ0) is 22.9. The van der Waals surface area contributed by atoms with Crippen molar-refractivity contribution in [3.05, 3.63) is 97.1 Å². The molecule has 0 unspecified atom stereocenters. The van der Waals surface area contributed by atoms with Crippen molar-refractivity contribution in [1.29, 1.82) is 0 Å². The van der Waals surface area contributed by atoms with Gasteiger partial charge < -0.3 is 13.9 Å². The Morgan fingerprint density at radius 2 is 1.50 bits per heavy atom. The summed E-state index contributed by atoms with van der Waals surface area (Å²) in [5.74, 6) is 2.56. The molecule has 6 aromatic rings. The van der Waals surface area contributed by atoms with Crippen molar-refractivity contribution in [2.45, 2.75) is 6.61 Å². The van der Waals surface area contributed by atoms with Crippen molar-refractivity contribution < 1.29 is 13.9 Å². The second-order valence-corrected chi connectivity index (χ2v) is 7.70. The first-order valence-electron chi connectivity index (χ1n) is 10.9. The largest absolute Gasteiger partial charge is 0.493 e. The van der Waals surface area contributed by atoms with Crippen molar-refractivity contribution in [1.82, 2.24) is 19.6 Å². The second-order valence-electron chi connectivity index (χ2n) is 7.70. The molecule has 7 nitrogen and oxygen atoms in total. The summed E-state index contributed by atoms with van der Waals surface area (Å²) in [7, 11) is 1.61. The van der Waals surface area contributed by atoms with E-state index in [0.717, 1.165) is 27.8 Å². The van der Waals surface area contributed by atoms with Gasteiger partial charge in [-0.05, 0) is 17.7 Å². The van der Waals surface area contributed by atoms with Gasteiger partial charge in [0.2, 0.25) is 5.71 Å². The maximum absolute atomic E-state index is 6.28. The molecule has 0 radical (unpaired) electrons. The van der Waals surface area contributed by atoms with Crippen LogP contribution in [-0.4, -0.2) is 26.7 Å². The van der Waals surface area contributed by atoms with Crippen LogP contribution in [0.2, 0.25) is 0 Å². The summed E-state index contributed by atoms with van der Waals surface area (Å²) in [6.07, 6.45) is 1.62. The average molecular weight is 448 g/mol. The van der Waals surface area contributed by atoms with Crippen LogP contribution < -0.4 is 9.47 Å². The number of furan rings is 1. The lowest BCUT2D eigenvalue weighted by atomic mass is 9.99. The first-order chi connectivity index (χ1) is 16.8. The maximum Gasteiger partial charge on any atom is 0.232 e. The molecular weight excluding hydrogens is 428 g/mol. The van der Waals surface area contributed by atoms with E-state index in [1.807, 2.05) is 72.8 Å². The lowest BCUT2D eigenvalue weighted by Crippen LogP contribution is -1.99. The molecule has 3 aromatic carbocycles. The highest BCUT2D eigenvalue weighted by Crippen LogP contribution is 2.41. The van der Waals surface area contributed by atoms with Crippen LogP contribution in [-0.2, 0) is 6.61 Å². The second kappa shape index (κ2) is 8.37. The monoisotopic (exact) mass is 448 g/mol. The predicted molar refractivity (Wildman–Crippen MR) is 129 cm³/mol. The quantitative estimate of drug-likeness (QED) is 0.321. The van der Waals surface area contributed by atoms with Crippen LogP contribution in [0.15, 0.2) is 95.7 Å². The van der Waals surface area contributed by atoms with E-state index in [2.05, 4.69) is 22.2 Å². The van der Waals surface area contributed by atoms with Gasteiger partial charge in [0.25, 0.3) is 0 Å². The molecule has 0 aliphatic rings. The molecule has 0 aliphatic heterocycles. The highest BCUT2D eigenvalue weighted by Gasteiger charge is 2.23. The molecule has 3 heterocycles. The minimum Gasteiger partial charge on any atom is -0.493 e. The van der Waals surface area contributed by atoms with Crippen LogP contribution in [0.3, 0.4) is 0 Å². The lowest BCUT2D eigenvalue weighted by molar-refractivity contribution is 0.276. The summed E-state index contributed by atoms with van der Waals surface area (Å²) in [6, 6.07) is 27.6. The van der Waals surface area contributed by atoms with Crippen LogP contribution in [0.1, 0.15) is 5.82 Å². The molecule has 7 heteroatoms. The number of hydrogen-bond acceptors (Lipinski definition) is 6. The Labute approximate surface area is 195 Å². The fourth-order valence-corrected chi connectivity index (χ4v) is 4.06. The van der Waals surface area contributed by atoms with E-state index in [4.69, 9.17) is 18.9 Å². The van der Waals surface area contributed by atoms with Crippen LogP contribution in [0.4, 0.5) is 0 Å².